The summed E-state index contributed by atoms with van der Waals surface area (Å²) in [5.41, 5.74) is 4.66. The summed E-state index contributed by atoms with van der Waals surface area (Å²) in [6.07, 6.45) is -0.972. The highest BCUT2D eigenvalue weighted by Gasteiger charge is 2.65. The van der Waals surface area contributed by atoms with Crippen molar-refractivity contribution in [3.8, 4) is 0 Å². The minimum absolute atomic E-state index is 0.0809. The molecular weight excluding hydrogens is 515 g/mol. The fourth-order valence-electron chi connectivity index (χ4n) is 4.06. The van der Waals surface area contributed by atoms with Crippen molar-refractivity contribution in [1.29, 1.82) is 0 Å². The average molecular weight is 548 g/mol. The van der Waals surface area contributed by atoms with Crippen molar-refractivity contribution in [2.45, 2.75) is 56.9 Å². The van der Waals surface area contributed by atoms with Crippen LogP contribution in [0.3, 0.4) is 0 Å². The highest BCUT2D eigenvalue weighted by atomic mass is 19.4. The molecule has 0 atom stereocenters. The van der Waals surface area contributed by atoms with E-state index in [9.17, 15) is 27.6 Å². The summed E-state index contributed by atoms with van der Waals surface area (Å²) in [7, 11) is 0. The molecule has 210 valence electrons. The van der Waals surface area contributed by atoms with Crippen LogP contribution < -0.4 is 11.1 Å². The topological polar surface area (TPSA) is 137 Å². The Morgan fingerprint density at radius 3 is 2.08 bits per heavy atom. The van der Waals surface area contributed by atoms with Crippen molar-refractivity contribution in [3.63, 3.8) is 0 Å². The summed E-state index contributed by atoms with van der Waals surface area (Å²) in [5.74, 6) is -0.646. The van der Waals surface area contributed by atoms with Gasteiger partial charge in [-0.15, -0.1) is 10.2 Å². The molecule has 2 aromatic carbocycles. The van der Waals surface area contributed by atoms with Crippen LogP contribution in [0, 0.1) is 0 Å². The average Bonchev–Trinajstić information content (AvgIpc) is 3.73. The molecule has 1 aliphatic rings. The molecule has 3 rings (SSSR count). The standard InChI is InChI=1S/C27H32F3N5O4/c28-27(29,30)26(33-34-26)21-11-7-19(8-12-21)17-35(16-15-31)25(39)20-9-13-22(14-10-20)32-24(38)6-4-2-1-3-5-23(37)18-36/h7-14,36H,1-6,15-18,31H2,(H,32,38). The summed E-state index contributed by atoms with van der Waals surface area (Å²) < 4.78 is 39.7. The first-order chi connectivity index (χ1) is 18.6. The second kappa shape index (κ2) is 13.4. The van der Waals surface area contributed by atoms with Crippen molar-refractivity contribution in [2.24, 2.45) is 16.0 Å². The van der Waals surface area contributed by atoms with Crippen molar-refractivity contribution < 1.29 is 32.7 Å². The van der Waals surface area contributed by atoms with E-state index in [1.807, 2.05) is 0 Å². The number of nitrogens with zero attached hydrogens (tertiary/aromatic N) is 3. The lowest BCUT2D eigenvalue weighted by atomic mass is 10.0. The van der Waals surface area contributed by atoms with Crippen LogP contribution in [0.2, 0.25) is 0 Å². The zero-order valence-corrected chi connectivity index (χ0v) is 21.4. The van der Waals surface area contributed by atoms with Gasteiger partial charge in [-0.05, 0) is 42.7 Å². The maximum absolute atomic E-state index is 13.2. The Morgan fingerprint density at radius 1 is 0.923 bits per heavy atom. The van der Waals surface area contributed by atoms with Crippen LogP contribution in [0.1, 0.15) is 60.0 Å². The van der Waals surface area contributed by atoms with Crippen molar-refractivity contribution in [1.82, 2.24) is 4.90 Å². The number of benzene rings is 2. The predicted molar refractivity (Wildman–Crippen MR) is 138 cm³/mol. The molecule has 0 spiro atoms. The summed E-state index contributed by atoms with van der Waals surface area (Å²) in [4.78, 5) is 37.9. The molecule has 2 aromatic rings. The maximum Gasteiger partial charge on any atom is 0.442 e. The van der Waals surface area contributed by atoms with E-state index in [4.69, 9.17) is 10.8 Å². The minimum atomic E-state index is -4.61. The van der Waals surface area contributed by atoms with E-state index < -0.39 is 18.4 Å². The Hall–Kier alpha value is -3.64. The Morgan fingerprint density at radius 2 is 1.54 bits per heavy atom. The second-order valence-electron chi connectivity index (χ2n) is 9.32. The van der Waals surface area contributed by atoms with Crippen LogP contribution in [0.15, 0.2) is 58.8 Å². The van der Waals surface area contributed by atoms with E-state index in [-0.39, 0.29) is 42.8 Å². The van der Waals surface area contributed by atoms with Crippen LogP contribution in [-0.2, 0) is 21.8 Å². The molecule has 0 saturated carbocycles. The number of rotatable bonds is 15. The van der Waals surface area contributed by atoms with Gasteiger partial charge in [0, 0.05) is 49.3 Å². The number of amides is 2. The quantitative estimate of drug-likeness (QED) is 0.285. The number of hydrogen-bond donors (Lipinski definition) is 3. The zero-order valence-electron chi connectivity index (χ0n) is 21.4. The number of alkyl halides is 3. The molecule has 1 heterocycles. The molecule has 0 aliphatic carbocycles. The Labute approximate surface area is 224 Å². The number of hydrogen-bond acceptors (Lipinski definition) is 7. The third kappa shape index (κ3) is 8.17. The van der Waals surface area contributed by atoms with E-state index >= 15 is 0 Å². The zero-order chi connectivity index (χ0) is 28.5. The highest BCUT2D eigenvalue weighted by Crippen LogP contribution is 2.52. The molecule has 9 nitrogen and oxygen atoms in total. The van der Waals surface area contributed by atoms with Gasteiger partial charge in [-0.1, -0.05) is 37.1 Å². The highest BCUT2D eigenvalue weighted by molar-refractivity contribution is 5.95. The molecule has 39 heavy (non-hydrogen) atoms. The molecule has 4 N–H and O–H groups in total. The number of unbranched alkanes of at least 4 members (excludes halogenated alkanes) is 3. The summed E-state index contributed by atoms with van der Waals surface area (Å²) >= 11 is 0. The summed E-state index contributed by atoms with van der Waals surface area (Å²) in [5, 5.41) is 17.9. The van der Waals surface area contributed by atoms with Crippen LogP contribution in [0.5, 0.6) is 0 Å². The molecule has 2 amide bonds. The van der Waals surface area contributed by atoms with Gasteiger partial charge in [-0.3, -0.25) is 14.4 Å². The number of nitrogens with one attached hydrogen (secondary N) is 1. The van der Waals surface area contributed by atoms with E-state index in [2.05, 4.69) is 15.5 Å². The van der Waals surface area contributed by atoms with E-state index in [1.165, 1.54) is 29.2 Å². The molecule has 12 heteroatoms. The van der Waals surface area contributed by atoms with Crippen LogP contribution in [0.4, 0.5) is 18.9 Å². The van der Waals surface area contributed by atoms with Gasteiger partial charge in [0.05, 0.1) is 0 Å². The number of ketones is 1. The van der Waals surface area contributed by atoms with Gasteiger partial charge in [0.1, 0.15) is 6.61 Å². The Bertz CT molecular complexity index is 1160. The molecule has 0 saturated heterocycles. The molecule has 0 bridgehead atoms. The SMILES string of the molecule is NCCN(Cc1ccc(C2(C(F)(F)F)N=N2)cc1)C(=O)c1ccc(NC(=O)CCCCCCC(=O)CO)cc1. The molecule has 0 fully saturated rings. The lowest BCUT2D eigenvalue weighted by molar-refractivity contribution is -0.166. The van der Waals surface area contributed by atoms with E-state index in [0.29, 0.717) is 42.5 Å². The van der Waals surface area contributed by atoms with Gasteiger partial charge < -0.3 is 21.1 Å². The number of anilines is 1. The van der Waals surface area contributed by atoms with Gasteiger partial charge in [0.2, 0.25) is 5.91 Å². The predicted octanol–water partition coefficient (Wildman–Crippen LogP) is 4.31. The number of carbonyl (C=O) groups is 3. The van der Waals surface area contributed by atoms with Crippen molar-refractivity contribution in [3.05, 3.63) is 65.2 Å². The lowest BCUT2D eigenvalue weighted by Crippen LogP contribution is -2.35. The van der Waals surface area contributed by atoms with Crippen LogP contribution in [0.25, 0.3) is 0 Å². The van der Waals surface area contributed by atoms with Crippen molar-refractivity contribution >= 4 is 23.3 Å². The van der Waals surface area contributed by atoms with Gasteiger partial charge in [-0.2, -0.15) is 13.2 Å². The number of nitrogens with two attached hydrogens (primary N) is 1. The summed E-state index contributed by atoms with van der Waals surface area (Å²) in [6.45, 7) is 0.153. The molecular formula is C27H32F3N5O4. The number of Topliss-reactive ketones (excluding diaryl/α,β-unsaturated/α-hetero) is 1. The fourth-order valence-corrected chi connectivity index (χ4v) is 4.06. The van der Waals surface area contributed by atoms with Crippen molar-refractivity contribution in [2.75, 3.05) is 25.0 Å². The van der Waals surface area contributed by atoms with E-state index in [1.54, 1.807) is 24.3 Å². The third-order valence-electron chi connectivity index (χ3n) is 6.31. The molecule has 1 aliphatic heterocycles. The van der Waals surface area contributed by atoms with E-state index in [0.717, 1.165) is 12.8 Å². The Kier molecular flexibility index (Phi) is 10.3. The number of aliphatic hydroxyl groups is 1. The van der Waals surface area contributed by atoms with Gasteiger partial charge in [0.15, 0.2) is 5.78 Å². The first-order valence-corrected chi connectivity index (χ1v) is 12.7. The van der Waals surface area contributed by atoms with Crippen LogP contribution >= 0.6 is 0 Å². The minimum Gasteiger partial charge on any atom is -0.389 e. The summed E-state index contributed by atoms with van der Waals surface area (Å²) in [6, 6.07) is 12.1. The third-order valence-corrected chi connectivity index (χ3v) is 6.31. The first-order valence-electron chi connectivity index (χ1n) is 12.7. The monoisotopic (exact) mass is 547 g/mol. The maximum atomic E-state index is 13.2. The largest absolute Gasteiger partial charge is 0.442 e. The number of halogens is 3. The molecule has 0 aromatic heterocycles. The van der Waals surface area contributed by atoms with Gasteiger partial charge >= 0.3 is 11.8 Å². The lowest BCUT2D eigenvalue weighted by Gasteiger charge is -2.23. The van der Waals surface area contributed by atoms with Gasteiger partial charge in [0.25, 0.3) is 5.91 Å². The first kappa shape index (κ1) is 29.9. The second-order valence-corrected chi connectivity index (χ2v) is 9.32. The smallest absolute Gasteiger partial charge is 0.389 e. The Balaban J connectivity index is 1.50. The fraction of sp³-hybridized carbons (Fsp3) is 0.444. The number of carbonyl (C=O) groups excluding carboxylic acids is 3. The van der Waals surface area contributed by atoms with Gasteiger partial charge in [-0.25, -0.2) is 0 Å². The molecule has 0 unspecified atom stereocenters. The normalized spacial score (nSPS) is 13.7. The van der Waals surface area contributed by atoms with Crippen LogP contribution in [-0.4, -0.2) is 53.5 Å². The number of aliphatic hydroxyl groups excluding tert-OH is 1. The molecule has 0 radical (unpaired) electrons.